The smallest absolute Gasteiger partial charge is 0.409 e. The molecule has 10 heteroatoms. The molecule has 2 rings (SSSR count). The van der Waals surface area contributed by atoms with Crippen molar-refractivity contribution in [1.82, 2.24) is 19.5 Å². The minimum atomic E-state index is -3.60. The van der Waals surface area contributed by atoms with Gasteiger partial charge in [-0.05, 0) is 32.9 Å². The van der Waals surface area contributed by atoms with E-state index in [4.69, 9.17) is 4.74 Å². The SMILES string of the molecule is CCOC(=O)N1CCC(NC(=O)c2cc(S(=O)(=O)NC)cn2C)CC1. The molecule has 1 saturated heterocycles. The van der Waals surface area contributed by atoms with E-state index in [0.29, 0.717) is 32.5 Å². The van der Waals surface area contributed by atoms with Gasteiger partial charge in [-0.2, -0.15) is 0 Å². The lowest BCUT2D eigenvalue weighted by molar-refractivity contribution is 0.0854. The number of hydrogen-bond acceptors (Lipinski definition) is 5. The maximum atomic E-state index is 12.4. The number of aryl methyl sites for hydroxylation is 1. The molecule has 2 heterocycles. The Hall–Kier alpha value is -2.07. The van der Waals surface area contributed by atoms with Crippen LogP contribution in [0.25, 0.3) is 0 Å². The molecule has 1 aliphatic heterocycles. The van der Waals surface area contributed by atoms with E-state index in [2.05, 4.69) is 10.0 Å². The Morgan fingerprint density at radius 1 is 1.32 bits per heavy atom. The molecule has 0 atom stereocenters. The first-order chi connectivity index (χ1) is 11.8. The van der Waals surface area contributed by atoms with Crippen LogP contribution in [0.15, 0.2) is 17.2 Å². The van der Waals surface area contributed by atoms with Crippen molar-refractivity contribution in [3.05, 3.63) is 18.0 Å². The zero-order chi connectivity index (χ0) is 18.6. The molecule has 1 fully saturated rings. The summed E-state index contributed by atoms with van der Waals surface area (Å²) in [6, 6.07) is 1.27. The fraction of sp³-hybridized carbons (Fsp3) is 0.600. The van der Waals surface area contributed by atoms with Crippen molar-refractivity contribution in [1.29, 1.82) is 0 Å². The number of piperidine rings is 1. The summed E-state index contributed by atoms with van der Waals surface area (Å²) >= 11 is 0. The molecule has 0 aliphatic carbocycles. The maximum absolute atomic E-state index is 12.4. The van der Waals surface area contributed by atoms with Gasteiger partial charge in [0.1, 0.15) is 10.6 Å². The van der Waals surface area contributed by atoms with Gasteiger partial charge in [0.05, 0.1) is 6.61 Å². The van der Waals surface area contributed by atoms with Gasteiger partial charge >= 0.3 is 6.09 Å². The molecular formula is C15H24N4O5S. The Morgan fingerprint density at radius 2 is 1.96 bits per heavy atom. The Balaban J connectivity index is 1.97. The number of aromatic nitrogens is 1. The van der Waals surface area contributed by atoms with Crippen LogP contribution in [-0.4, -0.2) is 62.7 Å². The predicted octanol–water partition coefficient (Wildman–Crippen LogP) is 0.284. The van der Waals surface area contributed by atoms with E-state index in [1.165, 1.54) is 23.9 Å². The molecule has 0 radical (unpaired) electrons. The van der Waals surface area contributed by atoms with Gasteiger partial charge in [0.25, 0.3) is 5.91 Å². The Kier molecular flexibility index (Phi) is 6.07. The summed E-state index contributed by atoms with van der Waals surface area (Å²) in [5.74, 6) is -0.338. The highest BCUT2D eigenvalue weighted by Crippen LogP contribution is 2.15. The van der Waals surface area contributed by atoms with Crippen molar-refractivity contribution >= 4 is 22.0 Å². The molecular weight excluding hydrogens is 348 g/mol. The summed E-state index contributed by atoms with van der Waals surface area (Å²) in [6.45, 7) is 3.11. The van der Waals surface area contributed by atoms with Crippen molar-refractivity contribution in [2.24, 2.45) is 7.05 Å². The number of nitrogens with zero attached hydrogens (tertiary/aromatic N) is 2. The average Bonchev–Trinajstić information content (AvgIpc) is 2.98. The van der Waals surface area contributed by atoms with Crippen molar-refractivity contribution in [2.75, 3.05) is 26.7 Å². The van der Waals surface area contributed by atoms with Crippen LogP contribution in [0.3, 0.4) is 0 Å². The Bertz CT molecular complexity index is 735. The minimum Gasteiger partial charge on any atom is -0.450 e. The number of sulfonamides is 1. The monoisotopic (exact) mass is 372 g/mol. The van der Waals surface area contributed by atoms with Gasteiger partial charge in [-0.1, -0.05) is 0 Å². The number of carbonyl (C=O) groups is 2. The first-order valence-electron chi connectivity index (χ1n) is 8.11. The normalized spacial score (nSPS) is 15.9. The van der Waals surface area contributed by atoms with E-state index in [9.17, 15) is 18.0 Å². The maximum Gasteiger partial charge on any atom is 0.409 e. The fourth-order valence-electron chi connectivity index (χ4n) is 2.71. The number of hydrogen-bond donors (Lipinski definition) is 2. The summed E-state index contributed by atoms with van der Waals surface area (Å²) in [5.41, 5.74) is 0.265. The number of rotatable bonds is 5. The average molecular weight is 372 g/mol. The molecule has 0 aromatic carbocycles. The number of nitrogens with one attached hydrogen (secondary N) is 2. The van der Waals surface area contributed by atoms with Gasteiger partial charge in [0.2, 0.25) is 10.0 Å². The second kappa shape index (κ2) is 7.87. The van der Waals surface area contributed by atoms with Gasteiger partial charge in [-0.15, -0.1) is 0 Å². The summed E-state index contributed by atoms with van der Waals surface area (Å²) in [4.78, 5) is 25.8. The largest absolute Gasteiger partial charge is 0.450 e. The van der Waals surface area contributed by atoms with Crippen LogP contribution in [0.2, 0.25) is 0 Å². The highest BCUT2D eigenvalue weighted by molar-refractivity contribution is 7.89. The lowest BCUT2D eigenvalue weighted by Crippen LogP contribution is -2.46. The number of carbonyl (C=O) groups excluding carboxylic acids is 2. The molecule has 1 aromatic heterocycles. The standard InChI is InChI=1S/C15H24N4O5S/c1-4-24-15(21)19-7-5-11(6-8-19)17-14(20)13-9-12(10-18(13)3)25(22,23)16-2/h9-11,16H,4-8H2,1-3H3,(H,17,20). The van der Waals surface area contributed by atoms with E-state index >= 15 is 0 Å². The van der Waals surface area contributed by atoms with Gasteiger partial charge < -0.3 is 19.5 Å². The van der Waals surface area contributed by atoms with Gasteiger partial charge in [0.15, 0.2) is 0 Å². The summed E-state index contributed by atoms with van der Waals surface area (Å²) in [6.07, 6.45) is 2.30. The van der Waals surface area contributed by atoms with Crippen molar-refractivity contribution in [3.8, 4) is 0 Å². The Morgan fingerprint density at radius 3 is 2.52 bits per heavy atom. The summed E-state index contributed by atoms with van der Waals surface area (Å²) < 4.78 is 32.3. The van der Waals surface area contributed by atoms with Crippen LogP contribution in [-0.2, 0) is 21.8 Å². The topological polar surface area (TPSA) is 110 Å². The first-order valence-corrected chi connectivity index (χ1v) is 9.59. The molecule has 140 valence electrons. The van der Waals surface area contributed by atoms with Crippen LogP contribution < -0.4 is 10.0 Å². The molecule has 0 spiro atoms. The molecule has 0 unspecified atom stereocenters. The molecule has 25 heavy (non-hydrogen) atoms. The second-order valence-electron chi connectivity index (χ2n) is 5.81. The third-order valence-corrected chi connectivity index (χ3v) is 5.53. The fourth-order valence-corrected chi connectivity index (χ4v) is 3.50. The zero-order valence-electron chi connectivity index (χ0n) is 14.6. The summed E-state index contributed by atoms with van der Waals surface area (Å²) in [5, 5.41) is 2.90. The number of likely N-dealkylation sites (tertiary alicyclic amines) is 1. The van der Waals surface area contributed by atoms with E-state index in [1.807, 2.05) is 0 Å². The van der Waals surface area contributed by atoms with Crippen molar-refractivity contribution in [2.45, 2.75) is 30.7 Å². The number of ether oxygens (including phenoxy) is 1. The molecule has 1 aliphatic rings. The van der Waals surface area contributed by atoms with E-state index < -0.39 is 10.0 Å². The third-order valence-electron chi connectivity index (χ3n) is 4.15. The Labute approximate surface area is 147 Å². The van der Waals surface area contributed by atoms with Gasteiger partial charge in [0, 0.05) is 32.4 Å². The number of amides is 2. The van der Waals surface area contributed by atoms with Crippen molar-refractivity contribution in [3.63, 3.8) is 0 Å². The van der Waals surface area contributed by atoms with Crippen LogP contribution >= 0.6 is 0 Å². The van der Waals surface area contributed by atoms with Crippen LogP contribution in [0.4, 0.5) is 4.79 Å². The zero-order valence-corrected chi connectivity index (χ0v) is 15.4. The van der Waals surface area contributed by atoms with Crippen LogP contribution in [0.5, 0.6) is 0 Å². The molecule has 9 nitrogen and oxygen atoms in total. The van der Waals surface area contributed by atoms with Crippen LogP contribution in [0, 0.1) is 0 Å². The first kappa shape index (κ1) is 19.3. The highest BCUT2D eigenvalue weighted by atomic mass is 32.2. The lowest BCUT2D eigenvalue weighted by atomic mass is 10.1. The highest BCUT2D eigenvalue weighted by Gasteiger charge is 2.26. The van der Waals surface area contributed by atoms with Crippen LogP contribution in [0.1, 0.15) is 30.3 Å². The molecule has 0 saturated carbocycles. The quantitative estimate of drug-likeness (QED) is 0.772. The molecule has 2 N–H and O–H groups in total. The molecule has 1 aromatic rings. The molecule has 2 amide bonds. The third kappa shape index (κ3) is 4.51. The predicted molar refractivity (Wildman–Crippen MR) is 90.7 cm³/mol. The molecule has 0 bridgehead atoms. The van der Waals surface area contributed by atoms with E-state index in [0.717, 1.165) is 0 Å². The second-order valence-corrected chi connectivity index (χ2v) is 7.70. The minimum absolute atomic E-state index is 0.0415. The lowest BCUT2D eigenvalue weighted by Gasteiger charge is -2.31. The van der Waals surface area contributed by atoms with E-state index in [1.54, 1.807) is 18.9 Å². The van der Waals surface area contributed by atoms with Crippen molar-refractivity contribution < 1.29 is 22.7 Å². The summed E-state index contributed by atoms with van der Waals surface area (Å²) in [7, 11) is -0.661. The van der Waals surface area contributed by atoms with E-state index in [-0.39, 0.29) is 28.6 Å². The van der Waals surface area contributed by atoms with Gasteiger partial charge in [-0.25, -0.2) is 17.9 Å². The van der Waals surface area contributed by atoms with Gasteiger partial charge in [-0.3, -0.25) is 4.79 Å².